The number of ether oxygens (including phenoxy) is 4. The monoisotopic (exact) mass is 544 g/mol. The summed E-state index contributed by atoms with van der Waals surface area (Å²) in [6, 6.07) is 29.7. The van der Waals surface area contributed by atoms with Gasteiger partial charge in [0.05, 0.1) is 39.2 Å². The molecule has 2 heterocycles. The van der Waals surface area contributed by atoms with Crippen LogP contribution in [-0.2, 0) is 0 Å². The summed E-state index contributed by atoms with van der Waals surface area (Å²) in [5, 5.41) is 4.28. The predicted molar refractivity (Wildman–Crippen MR) is 166 cm³/mol. The van der Waals surface area contributed by atoms with E-state index in [-0.39, 0.29) is 5.92 Å². The summed E-state index contributed by atoms with van der Waals surface area (Å²) in [6.45, 7) is 4.44. The van der Waals surface area contributed by atoms with E-state index in [4.69, 9.17) is 18.9 Å². The van der Waals surface area contributed by atoms with Gasteiger partial charge in [-0.15, -0.1) is 0 Å². The lowest BCUT2D eigenvalue weighted by Crippen LogP contribution is -2.29. The molecule has 0 N–H and O–H groups in total. The maximum Gasteiger partial charge on any atom is 0.219 e. The van der Waals surface area contributed by atoms with Gasteiger partial charge in [-0.25, -0.2) is 0 Å². The first-order valence-corrected chi connectivity index (χ1v) is 13.8. The molecular formula is C36H34NO4+. The molecule has 5 heteroatoms. The van der Waals surface area contributed by atoms with E-state index in [1.807, 2.05) is 6.07 Å². The van der Waals surface area contributed by atoms with Crippen LogP contribution in [0.5, 0.6) is 23.0 Å². The van der Waals surface area contributed by atoms with Crippen LogP contribution in [0.1, 0.15) is 25.5 Å². The van der Waals surface area contributed by atoms with Gasteiger partial charge in [-0.2, -0.15) is 4.40 Å². The smallest absolute Gasteiger partial charge is 0.219 e. The molecule has 0 saturated carbocycles. The maximum absolute atomic E-state index is 6.01. The molecule has 41 heavy (non-hydrogen) atoms. The van der Waals surface area contributed by atoms with Gasteiger partial charge in [0.15, 0.2) is 34.9 Å². The molecular weight excluding hydrogens is 510 g/mol. The van der Waals surface area contributed by atoms with Gasteiger partial charge in [-0.3, -0.25) is 0 Å². The maximum atomic E-state index is 6.01. The van der Waals surface area contributed by atoms with Crippen LogP contribution in [0.4, 0.5) is 0 Å². The van der Waals surface area contributed by atoms with Crippen molar-refractivity contribution in [1.82, 2.24) is 0 Å². The van der Waals surface area contributed by atoms with Crippen LogP contribution in [0.3, 0.4) is 0 Å². The zero-order valence-corrected chi connectivity index (χ0v) is 24.3. The zero-order valence-electron chi connectivity index (χ0n) is 24.3. The van der Waals surface area contributed by atoms with Crippen LogP contribution in [0.15, 0.2) is 91.1 Å². The van der Waals surface area contributed by atoms with Crippen molar-refractivity contribution in [3.63, 3.8) is 0 Å². The summed E-state index contributed by atoms with van der Waals surface area (Å²) < 4.78 is 25.6. The Kier molecular flexibility index (Phi) is 6.88. The molecule has 0 spiro atoms. The van der Waals surface area contributed by atoms with E-state index in [0.29, 0.717) is 17.2 Å². The third-order valence-electron chi connectivity index (χ3n) is 7.84. The van der Waals surface area contributed by atoms with Gasteiger partial charge >= 0.3 is 0 Å². The van der Waals surface area contributed by atoms with Gasteiger partial charge in [0.2, 0.25) is 5.52 Å². The Morgan fingerprint density at radius 1 is 0.561 bits per heavy atom. The predicted octanol–water partition coefficient (Wildman–Crippen LogP) is 8.22. The topological polar surface area (TPSA) is 41.0 Å². The minimum Gasteiger partial charge on any atom is -0.493 e. The van der Waals surface area contributed by atoms with Crippen molar-refractivity contribution in [3.05, 3.63) is 96.8 Å². The van der Waals surface area contributed by atoms with E-state index in [0.717, 1.165) is 43.9 Å². The number of hydrogen-bond donors (Lipinski definition) is 0. The molecule has 4 aromatic carbocycles. The summed E-state index contributed by atoms with van der Waals surface area (Å²) in [4.78, 5) is 0. The lowest BCUT2D eigenvalue weighted by molar-refractivity contribution is -0.520. The first-order chi connectivity index (χ1) is 20.0. The third-order valence-corrected chi connectivity index (χ3v) is 7.84. The lowest BCUT2D eigenvalue weighted by atomic mass is 9.95. The SMILES string of the molecule is COc1cc2cc3c4cc(-c5ccc(-c6ccccc6)cc5)c(OC)c(OC)c4cc[n+]3c(C(C)C)c2cc1OC. The second-order valence-electron chi connectivity index (χ2n) is 10.4. The summed E-state index contributed by atoms with van der Waals surface area (Å²) in [6.07, 6.45) is 2.12. The molecule has 0 amide bonds. The largest absolute Gasteiger partial charge is 0.493 e. The van der Waals surface area contributed by atoms with Gasteiger partial charge in [0, 0.05) is 29.0 Å². The number of hydrogen-bond acceptors (Lipinski definition) is 4. The Morgan fingerprint density at radius 2 is 1.20 bits per heavy atom. The van der Waals surface area contributed by atoms with Crippen molar-refractivity contribution in [3.8, 4) is 45.3 Å². The van der Waals surface area contributed by atoms with Crippen LogP contribution in [0.25, 0.3) is 49.3 Å². The molecule has 6 rings (SSSR count). The standard InChI is InChI=1S/C36H34NO4/c1-22(2)34-28-21-33(39-4)32(38-3)19-26(28)18-31-30-20-29(36(41-6)35(40-5)27(30)16-17-37(31)34)25-14-12-24(13-15-25)23-10-8-7-9-11-23/h7-22H,1-6H3/q+1. The Balaban J connectivity index is 1.66. The number of methoxy groups -OCH3 is 4. The second-order valence-corrected chi connectivity index (χ2v) is 10.4. The van der Waals surface area contributed by atoms with Gasteiger partial charge in [-0.05, 0) is 40.3 Å². The second kappa shape index (κ2) is 10.7. The van der Waals surface area contributed by atoms with Crippen molar-refractivity contribution in [2.45, 2.75) is 19.8 Å². The number of fused-ring (bicyclic) bond motifs is 4. The van der Waals surface area contributed by atoms with E-state index in [1.54, 1.807) is 28.4 Å². The molecule has 0 aliphatic heterocycles. The van der Waals surface area contributed by atoms with E-state index < -0.39 is 0 Å². The molecule has 0 atom stereocenters. The Morgan fingerprint density at radius 3 is 1.83 bits per heavy atom. The molecule has 0 saturated heterocycles. The van der Waals surface area contributed by atoms with E-state index in [2.05, 4.69) is 103 Å². The minimum absolute atomic E-state index is 0.256. The molecule has 0 unspecified atom stereocenters. The molecule has 2 aromatic heterocycles. The Labute approximate surface area is 240 Å². The highest BCUT2D eigenvalue weighted by molar-refractivity contribution is 6.05. The van der Waals surface area contributed by atoms with E-state index in [9.17, 15) is 0 Å². The minimum atomic E-state index is 0.256. The molecule has 206 valence electrons. The average Bonchev–Trinajstić information content (AvgIpc) is 3.02. The van der Waals surface area contributed by atoms with Crippen LogP contribution in [0.2, 0.25) is 0 Å². The van der Waals surface area contributed by atoms with Gasteiger partial charge in [-0.1, -0.05) is 68.4 Å². The highest BCUT2D eigenvalue weighted by Gasteiger charge is 2.26. The van der Waals surface area contributed by atoms with Crippen molar-refractivity contribution < 1.29 is 23.3 Å². The highest BCUT2D eigenvalue weighted by atomic mass is 16.5. The third kappa shape index (κ3) is 4.38. The van der Waals surface area contributed by atoms with E-state index >= 15 is 0 Å². The summed E-state index contributed by atoms with van der Waals surface area (Å²) >= 11 is 0. The fraction of sp³-hybridized carbons (Fsp3) is 0.194. The normalized spacial score (nSPS) is 11.4. The van der Waals surface area contributed by atoms with Gasteiger partial charge < -0.3 is 18.9 Å². The van der Waals surface area contributed by atoms with Crippen molar-refractivity contribution in [1.29, 1.82) is 0 Å². The van der Waals surface area contributed by atoms with Crippen LogP contribution >= 0.6 is 0 Å². The highest BCUT2D eigenvalue weighted by Crippen LogP contribution is 2.45. The van der Waals surface area contributed by atoms with Crippen molar-refractivity contribution in [2.24, 2.45) is 0 Å². The quantitative estimate of drug-likeness (QED) is 0.115. The number of benzene rings is 4. The van der Waals surface area contributed by atoms with Crippen LogP contribution in [0, 0.1) is 0 Å². The van der Waals surface area contributed by atoms with Crippen LogP contribution in [-0.4, -0.2) is 28.4 Å². The van der Waals surface area contributed by atoms with Gasteiger partial charge in [0.25, 0.3) is 0 Å². The average molecular weight is 545 g/mol. The lowest BCUT2D eigenvalue weighted by Gasteiger charge is -2.17. The number of rotatable bonds is 7. The van der Waals surface area contributed by atoms with Crippen molar-refractivity contribution in [2.75, 3.05) is 28.4 Å². The summed E-state index contributed by atoms with van der Waals surface area (Å²) in [5.74, 6) is 3.11. The summed E-state index contributed by atoms with van der Waals surface area (Å²) in [5.41, 5.74) is 6.66. The van der Waals surface area contributed by atoms with Gasteiger partial charge in [0.1, 0.15) is 0 Å². The fourth-order valence-electron chi connectivity index (χ4n) is 5.94. The Bertz CT molecular complexity index is 1890. The molecule has 0 aliphatic carbocycles. The molecule has 0 fully saturated rings. The molecule has 6 aromatic rings. The molecule has 0 radical (unpaired) electrons. The molecule has 0 aliphatic rings. The fourth-order valence-corrected chi connectivity index (χ4v) is 5.94. The first kappa shape index (κ1) is 26.5. The molecule has 0 bridgehead atoms. The molecule has 5 nitrogen and oxygen atoms in total. The number of aromatic nitrogens is 1. The van der Waals surface area contributed by atoms with Crippen molar-refractivity contribution >= 4 is 27.1 Å². The van der Waals surface area contributed by atoms with E-state index in [1.165, 1.54) is 16.8 Å². The number of pyridine rings is 2. The Hall–Kier alpha value is -4.77. The number of nitrogens with zero attached hydrogens (tertiary/aromatic N) is 1. The zero-order chi connectivity index (χ0) is 28.7. The summed E-state index contributed by atoms with van der Waals surface area (Å²) in [7, 11) is 6.75. The van der Waals surface area contributed by atoms with Crippen LogP contribution < -0.4 is 23.3 Å². The first-order valence-electron chi connectivity index (χ1n) is 13.8.